The van der Waals surface area contributed by atoms with Crippen LogP contribution in [-0.4, -0.2) is 40.3 Å². The van der Waals surface area contributed by atoms with Gasteiger partial charge in [0.15, 0.2) is 0 Å². The molecule has 0 fully saturated rings. The van der Waals surface area contributed by atoms with Crippen molar-refractivity contribution >= 4 is 27.5 Å². The van der Waals surface area contributed by atoms with E-state index in [1.54, 1.807) is 24.3 Å². The molecule has 0 saturated carbocycles. The number of carbonyl (C=O) groups excluding carboxylic acids is 1. The second kappa shape index (κ2) is 8.50. The SMILES string of the molecule is O=C(c1cccc(COc2cccc(Br)c2)c1)N1N=C(C(F)F)CC1(O)C(F)F. The smallest absolute Gasteiger partial charge is 0.287 e. The fraction of sp³-hybridized carbons (Fsp3) is 0.263. The molecule has 1 unspecified atom stereocenters. The molecule has 0 aromatic heterocycles. The number of hydrazone groups is 1. The molecule has 29 heavy (non-hydrogen) atoms. The van der Waals surface area contributed by atoms with E-state index in [1.807, 2.05) is 6.07 Å². The van der Waals surface area contributed by atoms with Gasteiger partial charge in [0, 0.05) is 16.5 Å². The predicted molar refractivity (Wildman–Crippen MR) is 100 cm³/mol. The maximum Gasteiger partial charge on any atom is 0.287 e. The summed E-state index contributed by atoms with van der Waals surface area (Å²) in [5, 5.41) is 13.4. The molecule has 0 bridgehead atoms. The average molecular weight is 475 g/mol. The largest absolute Gasteiger partial charge is 0.489 e. The van der Waals surface area contributed by atoms with E-state index in [0.717, 1.165) is 4.47 Å². The first-order chi connectivity index (χ1) is 13.7. The Morgan fingerprint density at radius 2 is 1.93 bits per heavy atom. The molecule has 0 aliphatic carbocycles. The zero-order chi connectivity index (χ0) is 21.2. The number of rotatable bonds is 6. The van der Waals surface area contributed by atoms with Gasteiger partial charge in [0.1, 0.15) is 18.1 Å². The monoisotopic (exact) mass is 474 g/mol. The molecule has 2 aromatic rings. The molecule has 10 heteroatoms. The molecule has 0 spiro atoms. The summed E-state index contributed by atoms with van der Waals surface area (Å²) < 4.78 is 58.9. The van der Waals surface area contributed by atoms with Crippen molar-refractivity contribution in [2.45, 2.75) is 31.6 Å². The molecule has 1 N–H and O–H groups in total. The van der Waals surface area contributed by atoms with Crippen LogP contribution < -0.4 is 4.74 Å². The van der Waals surface area contributed by atoms with Crippen molar-refractivity contribution < 1.29 is 32.2 Å². The second-order valence-electron chi connectivity index (χ2n) is 6.31. The first kappa shape index (κ1) is 21.3. The summed E-state index contributed by atoms with van der Waals surface area (Å²) in [5.41, 5.74) is -3.66. The fourth-order valence-corrected chi connectivity index (χ4v) is 3.12. The number of carbonyl (C=O) groups is 1. The highest BCUT2D eigenvalue weighted by molar-refractivity contribution is 9.10. The molecule has 0 radical (unpaired) electrons. The lowest BCUT2D eigenvalue weighted by Crippen LogP contribution is -2.51. The van der Waals surface area contributed by atoms with Crippen LogP contribution in [-0.2, 0) is 6.61 Å². The molecule has 2 aromatic carbocycles. The van der Waals surface area contributed by atoms with Crippen molar-refractivity contribution in [3.63, 3.8) is 0 Å². The van der Waals surface area contributed by atoms with Crippen molar-refractivity contribution in [2.24, 2.45) is 5.10 Å². The Morgan fingerprint density at radius 3 is 2.59 bits per heavy atom. The van der Waals surface area contributed by atoms with Gasteiger partial charge < -0.3 is 9.84 Å². The normalized spacial score (nSPS) is 19.0. The van der Waals surface area contributed by atoms with E-state index in [2.05, 4.69) is 21.0 Å². The van der Waals surface area contributed by atoms with Crippen LogP contribution in [0.1, 0.15) is 22.3 Å². The number of halogens is 5. The molecule has 1 amide bonds. The van der Waals surface area contributed by atoms with Crippen molar-refractivity contribution in [3.05, 3.63) is 64.1 Å². The molecule has 1 atom stereocenters. The van der Waals surface area contributed by atoms with E-state index >= 15 is 0 Å². The average Bonchev–Trinajstić information content (AvgIpc) is 3.05. The Bertz CT molecular complexity index is 941. The van der Waals surface area contributed by atoms with Gasteiger partial charge in [-0.15, -0.1) is 0 Å². The number of aliphatic hydroxyl groups is 1. The molecule has 1 aliphatic heterocycles. The van der Waals surface area contributed by atoms with Gasteiger partial charge in [-0.05, 0) is 35.9 Å². The maximum absolute atomic E-state index is 13.3. The van der Waals surface area contributed by atoms with Crippen molar-refractivity contribution in [3.8, 4) is 5.75 Å². The number of ether oxygens (including phenoxy) is 1. The van der Waals surface area contributed by atoms with Crippen LogP contribution in [0.25, 0.3) is 0 Å². The van der Waals surface area contributed by atoms with Crippen LogP contribution in [0.4, 0.5) is 17.6 Å². The Hall–Kier alpha value is -2.46. The van der Waals surface area contributed by atoms with E-state index in [9.17, 15) is 27.5 Å². The molecule has 154 valence electrons. The van der Waals surface area contributed by atoms with Gasteiger partial charge in [0.05, 0.1) is 0 Å². The van der Waals surface area contributed by atoms with Crippen LogP contribution in [0.3, 0.4) is 0 Å². The van der Waals surface area contributed by atoms with Gasteiger partial charge in [-0.1, -0.05) is 34.1 Å². The molecular formula is C19H15BrF4N2O3. The number of amides is 1. The van der Waals surface area contributed by atoms with Gasteiger partial charge in [-0.2, -0.15) is 10.1 Å². The minimum absolute atomic E-state index is 0.0352. The zero-order valence-electron chi connectivity index (χ0n) is 14.7. The van der Waals surface area contributed by atoms with Crippen LogP contribution in [0.5, 0.6) is 5.75 Å². The summed E-state index contributed by atoms with van der Waals surface area (Å²) in [7, 11) is 0. The summed E-state index contributed by atoms with van der Waals surface area (Å²) in [6.45, 7) is 0.0717. The van der Waals surface area contributed by atoms with Crippen molar-refractivity contribution in [1.29, 1.82) is 0 Å². The van der Waals surface area contributed by atoms with E-state index in [0.29, 0.717) is 11.3 Å². The zero-order valence-corrected chi connectivity index (χ0v) is 16.3. The number of nitrogens with zero attached hydrogens (tertiary/aromatic N) is 2. The Labute approximate surface area is 171 Å². The molecule has 3 rings (SSSR count). The molecule has 1 heterocycles. The van der Waals surface area contributed by atoms with E-state index in [4.69, 9.17) is 4.74 Å². The minimum atomic E-state index is -3.48. The summed E-state index contributed by atoms with van der Waals surface area (Å²) in [4.78, 5) is 12.6. The lowest BCUT2D eigenvalue weighted by Gasteiger charge is -2.30. The third-order valence-corrected chi connectivity index (χ3v) is 4.70. The first-order valence-corrected chi connectivity index (χ1v) is 9.18. The van der Waals surface area contributed by atoms with E-state index in [1.165, 1.54) is 18.2 Å². The quantitative estimate of drug-likeness (QED) is 0.629. The highest BCUT2D eigenvalue weighted by Gasteiger charge is 2.53. The van der Waals surface area contributed by atoms with Crippen molar-refractivity contribution in [2.75, 3.05) is 0 Å². The Balaban J connectivity index is 1.81. The minimum Gasteiger partial charge on any atom is -0.489 e. The number of alkyl halides is 4. The summed E-state index contributed by atoms with van der Waals surface area (Å²) in [5.74, 6) is -0.554. The van der Waals surface area contributed by atoms with Gasteiger partial charge >= 0.3 is 0 Å². The Kier molecular flexibility index (Phi) is 6.23. The summed E-state index contributed by atoms with van der Waals surface area (Å²) in [6, 6.07) is 12.9. The highest BCUT2D eigenvalue weighted by atomic mass is 79.9. The van der Waals surface area contributed by atoms with E-state index < -0.39 is 36.6 Å². The second-order valence-corrected chi connectivity index (χ2v) is 7.23. The lowest BCUT2D eigenvalue weighted by molar-refractivity contribution is -0.164. The van der Waals surface area contributed by atoms with Crippen LogP contribution in [0.2, 0.25) is 0 Å². The number of hydrogen-bond acceptors (Lipinski definition) is 4. The van der Waals surface area contributed by atoms with E-state index in [-0.39, 0.29) is 17.2 Å². The Morgan fingerprint density at radius 1 is 1.21 bits per heavy atom. The topological polar surface area (TPSA) is 62.1 Å². The predicted octanol–water partition coefficient (Wildman–Crippen LogP) is 4.45. The maximum atomic E-state index is 13.3. The summed E-state index contributed by atoms with van der Waals surface area (Å²) >= 11 is 3.31. The lowest BCUT2D eigenvalue weighted by atomic mass is 10.1. The summed E-state index contributed by atoms with van der Waals surface area (Å²) in [6.07, 6.45) is -7.77. The number of hydrogen-bond donors (Lipinski definition) is 1. The molecular weight excluding hydrogens is 460 g/mol. The van der Waals surface area contributed by atoms with Gasteiger partial charge in [0.2, 0.25) is 5.72 Å². The third kappa shape index (κ3) is 4.59. The first-order valence-electron chi connectivity index (χ1n) is 8.38. The van der Waals surface area contributed by atoms with Crippen LogP contribution in [0.15, 0.2) is 58.1 Å². The van der Waals surface area contributed by atoms with Crippen molar-refractivity contribution in [1.82, 2.24) is 5.01 Å². The molecule has 0 saturated heterocycles. The van der Waals surface area contributed by atoms with Gasteiger partial charge in [-0.25, -0.2) is 17.6 Å². The molecule has 5 nitrogen and oxygen atoms in total. The van der Waals surface area contributed by atoms with Crippen LogP contribution in [0, 0.1) is 0 Å². The number of benzene rings is 2. The van der Waals surface area contributed by atoms with Gasteiger partial charge in [-0.3, -0.25) is 4.79 Å². The highest BCUT2D eigenvalue weighted by Crippen LogP contribution is 2.34. The van der Waals surface area contributed by atoms with Gasteiger partial charge in [0.25, 0.3) is 18.8 Å². The molecule has 1 aliphatic rings. The van der Waals surface area contributed by atoms with Crippen LogP contribution >= 0.6 is 15.9 Å². The third-order valence-electron chi connectivity index (χ3n) is 4.21. The fourth-order valence-electron chi connectivity index (χ4n) is 2.74. The standard InChI is InChI=1S/C19H15BrF4N2O3/c20-13-5-2-6-14(8-13)29-10-11-3-1-4-12(7-11)17(27)26-19(28,18(23)24)9-15(25-26)16(21)22/h1-8,16,18,28H,9-10H2.